The van der Waals surface area contributed by atoms with Gasteiger partial charge in [-0.15, -0.1) is 24.0 Å². The highest BCUT2D eigenvalue weighted by Gasteiger charge is 2.50. The Bertz CT molecular complexity index is 986. The fraction of sp³-hybridized carbons (Fsp3) is 0.526. The number of guanidine groups is 1. The monoisotopic (exact) mass is 573 g/mol. The van der Waals surface area contributed by atoms with E-state index in [9.17, 15) is 21.6 Å². The Labute approximate surface area is 197 Å². The Morgan fingerprint density at radius 1 is 1.19 bits per heavy atom. The molecule has 2 N–H and O–H groups in total. The molecular formula is C19H27F3IN5O2S. The molecule has 1 saturated heterocycles. The number of alkyl halides is 3. The molecule has 0 radical (unpaired) electrons. The normalized spacial score (nSPS) is 16.8. The molecule has 1 aromatic carbocycles. The van der Waals surface area contributed by atoms with Gasteiger partial charge in [-0.25, -0.2) is 8.42 Å². The van der Waals surface area contributed by atoms with Gasteiger partial charge in [0.2, 0.25) is 0 Å². The first-order valence-corrected chi connectivity index (χ1v) is 11.2. The van der Waals surface area contributed by atoms with Crippen LogP contribution in [0.2, 0.25) is 0 Å². The van der Waals surface area contributed by atoms with Crippen LogP contribution in [0.25, 0.3) is 10.9 Å². The number of halogens is 4. The third-order valence-corrected chi connectivity index (χ3v) is 6.83. The minimum Gasteiger partial charge on any atom is -0.356 e. The third kappa shape index (κ3) is 6.25. The first kappa shape index (κ1) is 25.7. The first-order valence-electron chi connectivity index (χ1n) is 9.80. The number of aryl methyl sites for hydroxylation is 1. The van der Waals surface area contributed by atoms with Crippen molar-refractivity contribution in [2.75, 3.05) is 26.7 Å². The lowest BCUT2D eigenvalue weighted by Crippen LogP contribution is -2.51. The van der Waals surface area contributed by atoms with Crippen molar-refractivity contribution >= 4 is 50.9 Å². The van der Waals surface area contributed by atoms with Crippen LogP contribution in [0.4, 0.5) is 13.2 Å². The average Bonchev–Trinajstić information content (AvgIpc) is 3.13. The van der Waals surface area contributed by atoms with Crippen LogP contribution < -0.4 is 10.6 Å². The first-order chi connectivity index (χ1) is 14.2. The molecule has 7 nitrogen and oxygen atoms in total. The van der Waals surface area contributed by atoms with E-state index in [-0.39, 0.29) is 55.9 Å². The second-order valence-corrected chi connectivity index (χ2v) is 9.12. The molecule has 2 heterocycles. The predicted molar refractivity (Wildman–Crippen MR) is 126 cm³/mol. The van der Waals surface area contributed by atoms with Gasteiger partial charge < -0.3 is 15.2 Å². The molecule has 12 heteroatoms. The van der Waals surface area contributed by atoms with E-state index in [0.717, 1.165) is 13.0 Å². The summed E-state index contributed by atoms with van der Waals surface area (Å²) in [5.41, 5.74) is -4.07. The number of nitrogens with zero attached hydrogens (tertiary/aromatic N) is 3. The van der Waals surface area contributed by atoms with Gasteiger partial charge in [-0.2, -0.15) is 17.5 Å². The van der Waals surface area contributed by atoms with Gasteiger partial charge in [-0.3, -0.25) is 4.99 Å². The van der Waals surface area contributed by atoms with Gasteiger partial charge in [0.05, 0.1) is 0 Å². The zero-order chi connectivity index (χ0) is 21.8. The number of hydrogen-bond donors (Lipinski definition) is 2. The second kappa shape index (κ2) is 10.9. The Morgan fingerprint density at radius 2 is 1.87 bits per heavy atom. The molecule has 1 aliphatic heterocycles. The number of benzene rings is 1. The fourth-order valence-electron chi connectivity index (χ4n) is 3.57. The molecule has 3 rings (SSSR count). The molecule has 174 valence electrons. The Balaban J connectivity index is 0.00000341. The Hall–Kier alpha value is -1.54. The van der Waals surface area contributed by atoms with E-state index < -0.39 is 15.5 Å². The topological polar surface area (TPSA) is 78.7 Å². The lowest BCUT2D eigenvalue weighted by Gasteiger charge is -2.32. The van der Waals surface area contributed by atoms with Crippen LogP contribution in [-0.2, 0) is 16.6 Å². The summed E-state index contributed by atoms with van der Waals surface area (Å²) in [5, 5.41) is 7.57. The Kier molecular flexibility index (Phi) is 9.01. The largest absolute Gasteiger partial charge is 0.511 e. The summed E-state index contributed by atoms with van der Waals surface area (Å²) >= 11 is 0. The SMILES string of the molecule is CN=C(NCCCn1ccc2ccccc21)NC1CCN(S(=O)(=O)C(F)(F)F)CC1.I. The van der Waals surface area contributed by atoms with Crippen molar-refractivity contribution in [3.8, 4) is 0 Å². The lowest BCUT2D eigenvalue weighted by molar-refractivity contribution is -0.0494. The van der Waals surface area contributed by atoms with Crippen LogP contribution >= 0.6 is 24.0 Å². The molecule has 2 aromatic rings. The van der Waals surface area contributed by atoms with Gasteiger partial charge in [0.25, 0.3) is 0 Å². The average molecular weight is 573 g/mol. The molecule has 0 atom stereocenters. The van der Waals surface area contributed by atoms with E-state index in [1.54, 1.807) is 7.05 Å². The number of hydrogen-bond acceptors (Lipinski definition) is 3. The van der Waals surface area contributed by atoms with Crippen molar-refractivity contribution in [3.63, 3.8) is 0 Å². The van der Waals surface area contributed by atoms with Gasteiger partial charge >= 0.3 is 15.5 Å². The van der Waals surface area contributed by atoms with E-state index in [0.29, 0.717) is 16.8 Å². The maximum absolute atomic E-state index is 12.7. The maximum Gasteiger partial charge on any atom is 0.511 e. The molecule has 0 spiro atoms. The van der Waals surface area contributed by atoms with Gasteiger partial charge in [0.1, 0.15) is 0 Å². The number of aliphatic imine (C=N–C) groups is 1. The van der Waals surface area contributed by atoms with Crippen molar-refractivity contribution in [3.05, 3.63) is 36.5 Å². The lowest BCUT2D eigenvalue weighted by atomic mass is 10.1. The van der Waals surface area contributed by atoms with E-state index >= 15 is 0 Å². The highest BCUT2D eigenvalue weighted by atomic mass is 127. The molecule has 1 aliphatic rings. The molecule has 0 unspecified atom stereocenters. The molecular weight excluding hydrogens is 546 g/mol. The number of sulfonamides is 1. The van der Waals surface area contributed by atoms with E-state index in [2.05, 4.69) is 44.6 Å². The van der Waals surface area contributed by atoms with Gasteiger partial charge in [0.15, 0.2) is 5.96 Å². The second-order valence-electron chi connectivity index (χ2n) is 7.19. The number of fused-ring (bicyclic) bond motifs is 1. The highest BCUT2D eigenvalue weighted by molar-refractivity contribution is 14.0. The van der Waals surface area contributed by atoms with E-state index in [4.69, 9.17) is 0 Å². The van der Waals surface area contributed by atoms with E-state index in [1.165, 1.54) is 10.9 Å². The summed E-state index contributed by atoms with van der Waals surface area (Å²) in [7, 11) is -3.63. The van der Waals surface area contributed by atoms with E-state index in [1.807, 2.05) is 12.1 Å². The van der Waals surface area contributed by atoms with Crippen LogP contribution in [0.1, 0.15) is 19.3 Å². The minimum absolute atomic E-state index is 0. The molecule has 0 amide bonds. The van der Waals surface area contributed by atoms with Crippen LogP contribution in [0, 0.1) is 0 Å². The van der Waals surface area contributed by atoms with Gasteiger partial charge in [-0.05, 0) is 36.8 Å². The predicted octanol–water partition coefficient (Wildman–Crippen LogP) is 3.13. The highest BCUT2D eigenvalue weighted by Crippen LogP contribution is 2.28. The van der Waals surface area contributed by atoms with Crippen molar-refractivity contribution in [1.82, 2.24) is 19.5 Å². The molecule has 0 bridgehead atoms. The molecule has 0 saturated carbocycles. The maximum atomic E-state index is 12.7. The summed E-state index contributed by atoms with van der Waals surface area (Å²) < 4.78 is 63.7. The summed E-state index contributed by atoms with van der Waals surface area (Å²) in [5.74, 6) is 0.560. The number of piperidine rings is 1. The standard InChI is InChI=1S/C19H26F3N5O2S.HI/c1-23-18(24-10-4-11-26-12-7-15-5-2-3-6-17(15)26)25-16-8-13-27(14-9-16)30(28,29)19(20,21)22;/h2-3,5-7,12,16H,4,8-11,13-14H2,1H3,(H2,23,24,25);1H. The summed E-state index contributed by atoms with van der Waals surface area (Å²) in [4.78, 5) is 4.15. The van der Waals surface area contributed by atoms with Gasteiger partial charge in [0, 0.05) is 51.0 Å². The van der Waals surface area contributed by atoms with Crippen molar-refractivity contribution in [2.24, 2.45) is 4.99 Å². The summed E-state index contributed by atoms with van der Waals surface area (Å²) in [6, 6.07) is 10.1. The third-order valence-electron chi connectivity index (χ3n) is 5.20. The summed E-state index contributed by atoms with van der Waals surface area (Å²) in [6.07, 6.45) is 3.49. The number of aromatic nitrogens is 1. The smallest absolute Gasteiger partial charge is 0.356 e. The van der Waals surface area contributed by atoms with Crippen molar-refractivity contribution < 1.29 is 21.6 Å². The summed E-state index contributed by atoms with van der Waals surface area (Å²) in [6.45, 7) is 1.17. The number of rotatable bonds is 6. The van der Waals surface area contributed by atoms with Crippen LogP contribution in [0.5, 0.6) is 0 Å². The molecule has 1 aromatic heterocycles. The zero-order valence-electron chi connectivity index (χ0n) is 17.1. The molecule has 31 heavy (non-hydrogen) atoms. The van der Waals surface area contributed by atoms with Crippen LogP contribution in [0.3, 0.4) is 0 Å². The molecule has 0 aliphatic carbocycles. The zero-order valence-corrected chi connectivity index (χ0v) is 20.2. The van der Waals surface area contributed by atoms with Crippen LogP contribution in [0.15, 0.2) is 41.5 Å². The van der Waals surface area contributed by atoms with Crippen LogP contribution in [-0.4, -0.2) is 61.5 Å². The quantitative estimate of drug-likeness (QED) is 0.241. The van der Waals surface area contributed by atoms with Crippen molar-refractivity contribution in [2.45, 2.75) is 37.4 Å². The number of para-hydroxylation sites is 1. The van der Waals surface area contributed by atoms with Crippen molar-refractivity contribution in [1.29, 1.82) is 0 Å². The Morgan fingerprint density at radius 3 is 2.52 bits per heavy atom. The van der Waals surface area contributed by atoms with Gasteiger partial charge in [-0.1, -0.05) is 18.2 Å². The molecule has 1 fully saturated rings. The fourth-order valence-corrected chi connectivity index (χ4v) is 4.55. The minimum atomic E-state index is -5.25. The number of nitrogens with one attached hydrogen (secondary N) is 2.